The molecule has 2 spiro atoms. The molecule has 6 atom stereocenters. The molecule has 0 aromatic heterocycles. The van der Waals surface area contributed by atoms with Crippen molar-refractivity contribution in [3.8, 4) is 11.5 Å². The summed E-state index contributed by atoms with van der Waals surface area (Å²) in [6.45, 7) is 3.22. The van der Waals surface area contributed by atoms with Crippen LogP contribution in [0.5, 0.6) is 11.5 Å². The zero-order valence-electron chi connectivity index (χ0n) is 18.1. The van der Waals surface area contributed by atoms with E-state index in [2.05, 4.69) is 30.2 Å². The molecular weight excluding hydrogens is 382 g/mol. The number of methoxy groups -OCH3 is 2. The Morgan fingerprint density at radius 2 is 2.13 bits per heavy atom. The van der Waals surface area contributed by atoms with Crippen LogP contribution in [0.25, 0.3) is 0 Å². The third-order valence-electron chi connectivity index (χ3n) is 8.85. The molecule has 2 heterocycles. The van der Waals surface area contributed by atoms with Crippen molar-refractivity contribution in [1.82, 2.24) is 4.90 Å². The molecule has 30 heavy (non-hydrogen) atoms. The summed E-state index contributed by atoms with van der Waals surface area (Å²) in [5, 5.41) is 0. The number of esters is 1. The average Bonchev–Trinajstić information content (AvgIpc) is 3.13. The fraction of sp³-hybridized carbons (Fsp3) is 0.625. The number of hydrogen-bond acceptors (Lipinski definition) is 6. The third kappa shape index (κ3) is 1.75. The van der Waals surface area contributed by atoms with Gasteiger partial charge in [0.2, 0.25) is 0 Å². The number of fused-ring (bicyclic) bond motifs is 1. The van der Waals surface area contributed by atoms with Crippen molar-refractivity contribution in [2.45, 2.75) is 49.3 Å². The van der Waals surface area contributed by atoms with Crippen LogP contribution < -0.4 is 9.47 Å². The molecule has 4 bridgehead atoms. The Morgan fingerprint density at radius 1 is 1.30 bits per heavy atom. The molecule has 2 aliphatic heterocycles. The average molecular weight is 411 g/mol. The smallest absolute Gasteiger partial charge is 0.312 e. The number of nitrogens with zero attached hydrogens (tertiary/aromatic N) is 1. The summed E-state index contributed by atoms with van der Waals surface area (Å²) < 4.78 is 24.3. The number of piperidine rings is 1. The highest BCUT2D eigenvalue weighted by Gasteiger charge is 2.80. The normalized spacial score (nSPS) is 41.9. The van der Waals surface area contributed by atoms with E-state index in [1.165, 1.54) is 11.1 Å². The van der Waals surface area contributed by atoms with Crippen LogP contribution in [0.3, 0.4) is 0 Å². The van der Waals surface area contributed by atoms with Gasteiger partial charge in [0.25, 0.3) is 0 Å². The largest absolute Gasteiger partial charge is 0.493 e. The summed E-state index contributed by atoms with van der Waals surface area (Å²) in [5.41, 5.74) is 1.40. The summed E-state index contributed by atoms with van der Waals surface area (Å²) >= 11 is 0. The molecule has 6 aliphatic rings. The SMILES string of the molecule is CCOC(=O)[C@H]1C[C@]23C=C[C@]1(OC)[C@H]1Oc4c(OC)ccc5c4[C@@]12CCN(C)[C@@H]3C5. The molecule has 1 saturated heterocycles. The van der Waals surface area contributed by atoms with E-state index in [-0.39, 0.29) is 28.8 Å². The maximum absolute atomic E-state index is 13.2. The third-order valence-corrected chi connectivity index (χ3v) is 8.85. The van der Waals surface area contributed by atoms with Crippen molar-refractivity contribution in [3.05, 3.63) is 35.4 Å². The van der Waals surface area contributed by atoms with E-state index in [0.717, 1.165) is 37.3 Å². The van der Waals surface area contributed by atoms with Crippen molar-refractivity contribution in [1.29, 1.82) is 0 Å². The lowest BCUT2D eigenvalue weighted by Crippen LogP contribution is -2.79. The monoisotopic (exact) mass is 411 g/mol. The van der Waals surface area contributed by atoms with Gasteiger partial charge in [-0.1, -0.05) is 18.2 Å². The first kappa shape index (κ1) is 18.7. The predicted molar refractivity (Wildman–Crippen MR) is 110 cm³/mol. The second kappa shape index (κ2) is 5.80. The fourth-order valence-corrected chi connectivity index (χ4v) is 7.72. The summed E-state index contributed by atoms with van der Waals surface area (Å²) in [6, 6.07) is 4.54. The number of ether oxygens (including phenoxy) is 4. The van der Waals surface area contributed by atoms with Gasteiger partial charge in [-0.05, 0) is 51.4 Å². The first-order chi connectivity index (χ1) is 14.5. The van der Waals surface area contributed by atoms with Crippen LogP contribution in [0.1, 0.15) is 30.9 Å². The molecule has 160 valence electrons. The van der Waals surface area contributed by atoms with E-state index in [1.54, 1.807) is 14.2 Å². The lowest BCUT2D eigenvalue weighted by atomic mass is 9.37. The Labute approximate surface area is 177 Å². The van der Waals surface area contributed by atoms with E-state index >= 15 is 0 Å². The van der Waals surface area contributed by atoms with Crippen LogP contribution in [0.4, 0.5) is 0 Å². The van der Waals surface area contributed by atoms with E-state index in [9.17, 15) is 4.79 Å². The van der Waals surface area contributed by atoms with Crippen molar-refractivity contribution in [3.63, 3.8) is 0 Å². The second-order valence-electron chi connectivity index (χ2n) is 9.49. The maximum Gasteiger partial charge on any atom is 0.312 e. The van der Waals surface area contributed by atoms with E-state index in [0.29, 0.717) is 12.6 Å². The van der Waals surface area contributed by atoms with Crippen LogP contribution in [-0.4, -0.2) is 63.0 Å². The van der Waals surface area contributed by atoms with E-state index < -0.39 is 5.60 Å². The van der Waals surface area contributed by atoms with E-state index in [1.807, 2.05) is 13.0 Å². The Bertz CT molecular complexity index is 975. The number of likely N-dealkylation sites (tertiary alicyclic amines) is 1. The maximum atomic E-state index is 13.2. The van der Waals surface area contributed by atoms with Crippen molar-refractivity contribution in [2.75, 3.05) is 34.4 Å². The van der Waals surface area contributed by atoms with Gasteiger partial charge in [0, 0.05) is 24.1 Å². The molecule has 0 amide bonds. The molecule has 0 radical (unpaired) electrons. The zero-order chi connectivity index (χ0) is 20.9. The number of rotatable bonds is 4. The molecule has 6 heteroatoms. The van der Waals surface area contributed by atoms with Gasteiger partial charge in [-0.15, -0.1) is 0 Å². The standard InChI is InChI=1S/C24H29NO5/c1-5-29-20(26)15-13-22-8-9-24(15,28-4)21-23(22)10-11-25(2)17(22)12-14-6-7-16(27-3)19(30-21)18(14)23/h6-9,15,17,21H,5,10-13H2,1-4H3/t15-,17-,21+,22+,23+,24-/m1/s1. The number of carbonyl (C=O) groups excluding carboxylic acids is 1. The van der Waals surface area contributed by atoms with Crippen LogP contribution >= 0.6 is 0 Å². The van der Waals surface area contributed by atoms with Gasteiger partial charge in [0.15, 0.2) is 11.5 Å². The molecule has 0 N–H and O–H groups in total. The quantitative estimate of drug-likeness (QED) is 0.561. The minimum absolute atomic E-state index is 0.184. The number of likely N-dealkylation sites (N-methyl/N-ethyl adjacent to an activating group) is 1. The molecule has 1 aromatic carbocycles. The van der Waals surface area contributed by atoms with E-state index in [4.69, 9.17) is 18.9 Å². The van der Waals surface area contributed by atoms with Gasteiger partial charge in [0.05, 0.1) is 25.0 Å². The van der Waals surface area contributed by atoms with Crippen LogP contribution in [-0.2, 0) is 26.1 Å². The molecule has 1 saturated carbocycles. The Balaban J connectivity index is 1.65. The summed E-state index contributed by atoms with van der Waals surface area (Å²) in [4.78, 5) is 15.7. The summed E-state index contributed by atoms with van der Waals surface area (Å²) in [7, 11) is 5.61. The number of hydrogen-bond donors (Lipinski definition) is 0. The lowest BCUT2D eigenvalue weighted by Gasteiger charge is -2.70. The van der Waals surface area contributed by atoms with Crippen molar-refractivity contribution >= 4 is 5.97 Å². The van der Waals surface area contributed by atoms with Gasteiger partial charge in [0.1, 0.15) is 11.7 Å². The van der Waals surface area contributed by atoms with Crippen molar-refractivity contribution < 1.29 is 23.7 Å². The lowest BCUT2D eigenvalue weighted by molar-refractivity contribution is -0.221. The predicted octanol–water partition coefficient (Wildman–Crippen LogP) is 2.48. The molecule has 2 fully saturated rings. The molecular formula is C24H29NO5. The zero-order valence-corrected chi connectivity index (χ0v) is 18.1. The highest BCUT2D eigenvalue weighted by Crippen LogP contribution is 2.74. The Morgan fingerprint density at radius 3 is 2.87 bits per heavy atom. The van der Waals surface area contributed by atoms with Gasteiger partial charge in [-0.25, -0.2) is 0 Å². The molecule has 0 unspecified atom stereocenters. The Hall–Kier alpha value is -2.05. The van der Waals surface area contributed by atoms with Crippen LogP contribution in [0, 0.1) is 11.3 Å². The first-order valence-electron chi connectivity index (χ1n) is 11.0. The molecule has 7 rings (SSSR count). The van der Waals surface area contributed by atoms with Gasteiger partial charge in [-0.2, -0.15) is 0 Å². The fourth-order valence-electron chi connectivity index (χ4n) is 7.72. The van der Waals surface area contributed by atoms with Crippen molar-refractivity contribution in [2.24, 2.45) is 11.3 Å². The van der Waals surface area contributed by atoms with Gasteiger partial charge < -0.3 is 23.8 Å². The summed E-state index contributed by atoms with van der Waals surface area (Å²) in [5.74, 6) is 1.04. The Kier molecular flexibility index (Phi) is 3.61. The molecule has 4 aliphatic carbocycles. The molecule has 6 nitrogen and oxygen atoms in total. The van der Waals surface area contributed by atoms with Gasteiger partial charge >= 0.3 is 5.97 Å². The topological polar surface area (TPSA) is 57.2 Å². The highest BCUT2D eigenvalue weighted by molar-refractivity contribution is 5.78. The minimum Gasteiger partial charge on any atom is -0.493 e. The number of benzene rings is 1. The minimum atomic E-state index is -0.840. The second-order valence-corrected chi connectivity index (χ2v) is 9.49. The van der Waals surface area contributed by atoms with Crippen LogP contribution in [0.2, 0.25) is 0 Å². The summed E-state index contributed by atoms with van der Waals surface area (Å²) in [6.07, 6.45) is 6.86. The highest BCUT2D eigenvalue weighted by atomic mass is 16.6. The first-order valence-corrected chi connectivity index (χ1v) is 11.0. The number of carbonyl (C=O) groups is 1. The molecule has 1 aromatic rings. The van der Waals surface area contributed by atoms with Gasteiger partial charge in [-0.3, -0.25) is 4.79 Å². The van der Waals surface area contributed by atoms with Crippen LogP contribution in [0.15, 0.2) is 24.3 Å².